The topological polar surface area (TPSA) is 69.6 Å². The van der Waals surface area contributed by atoms with E-state index in [0.717, 1.165) is 25.9 Å². The number of piperidine rings is 1. The normalized spacial score (nSPS) is 15.8. The van der Waals surface area contributed by atoms with Crippen molar-refractivity contribution in [3.63, 3.8) is 0 Å². The zero-order valence-corrected chi connectivity index (χ0v) is 11.6. The van der Waals surface area contributed by atoms with Crippen molar-refractivity contribution in [1.29, 1.82) is 0 Å². The number of carbonyl (C=O) groups is 2. The number of aromatic carboxylic acids is 1. The molecule has 0 atom stereocenters. The highest BCUT2D eigenvalue weighted by molar-refractivity contribution is 6.04. The van der Waals surface area contributed by atoms with Crippen LogP contribution in [0.5, 0.6) is 0 Å². The summed E-state index contributed by atoms with van der Waals surface area (Å²) in [5, 5.41) is 12.5. The van der Waals surface area contributed by atoms with E-state index in [0.29, 0.717) is 6.54 Å². The molecule has 5 heteroatoms. The van der Waals surface area contributed by atoms with Gasteiger partial charge >= 0.3 is 5.97 Å². The number of nitrogens with one attached hydrogen (secondary N) is 1. The van der Waals surface area contributed by atoms with E-state index >= 15 is 0 Å². The second-order valence-electron chi connectivity index (χ2n) is 4.92. The third-order valence-corrected chi connectivity index (χ3v) is 3.74. The van der Waals surface area contributed by atoms with E-state index in [2.05, 4.69) is 5.32 Å². The summed E-state index contributed by atoms with van der Waals surface area (Å²) >= 11 is 0. The maximum atomic E-state index is 12.6. The van der Waals surface area contributed by atoms with Crippen molar-refractivity contribution in [2.24, 2.45) is 0 Å². The number of carboxylic acids is 1. The predicted octanol–water partition coefficient (Wildman–Crippen LogP) is 1.60. The second-order valence-corrected chi connectivity index (χ2v) is 4.92. The van der Waals surface area contributed by atoms with Gasteiger partial charge in [0.05, 0.1) is 11.1 Å². The van der Waals surface area contributed by atoms with Crippen LogP contribution >= 0.6 is 0 Å². The smallest absolute Gasteiger partial charge is 0.336 e. The van der Waals surface area contributed by atoms with Gasteiger partial charge in [-0.3, -0.25) is 4.79 Å². The van der Waals surface area contributed by atoms with Gasteiger partial charge in [-0.15, -0.1) is 0 Å². The van der Waals surface area contributed by atoms with Gasteiger partial charge in [0.1, 0.15) is 0 Å². The molecule has 1 aromatic carbocycles. The second kappa shape index (κ2) is 6.52. The van der Waals surface area contributed by atoms with Crippen LogP contribution in [-0.2, 0) is 0 Å². The summed E-state index contributed by atoms with van der Waals surface area (Å²) in [6, 6.07) is 6.61. The van der Waals surface area contributed by atoms with Gasteiger partial charge in [0, 0.05) is 12.6 Å². The van der Waals surface area contributed by atoms with Crippen molar-refractivity contribution in [3.8, 4) is 0 Å². The molecule has 1 heterocycles. The number of nitrogens with zero attached hydrogens (tertiary/aromatic N) is 1. The van der Waals surface area contributed by atoms with Crippen LogP contribution < -0.4 is 5.32 Å². The Labute approximate surface area is 118 Å². The minimum absolute atomic E-state index is 0.0740. The van der Waals surface area contributed by atoms with Crippen LogP contribution in [0.3, 0.4) is 0 Å². The maximum Gasteiger partial charge on any atom is 0.336 e. The van der Waals surface area contributed by atoms with E-state index in [1.165, 1.54) is 6.07 Å². The Balaban J connectivity index is 2.26. The highest BCUT2D eigenvalue weighted by Gasteiger charge is 2.27. The highest BCUT2D eigenvalue weighted by atomic mass is 16.4. The fourth-order valence-corrected chi connectivity index (χ4v) is 2.70. The summed E-state index contributed by atoms with van der Waals surface area (Å²) in [7, 11) is 0. The molecule has 0 radical (unpaired) electrons. The molecule has 1 saturated heterocycles. The molecule has 2 N–H and O–H groups in total. The number of carboxylic acid groups (broad SMARTS) is 1. The van der Waals surface area contributed by atoms with Crippen molar-refractivity contribution >= 4 is 11.9 Å². The lowest BCUT2D eigenvalue weighted by molar-refractivity contribution is 0.0629. The zero-order valence-electron chi connectivity index (χ0n) is 11.6. The SMILES string of the molecule is CCN(C(=O)c1ccccc1C(=O)O)C1CCNCC1. The molecule has 1 aliphatic rings. The molecule has 1 amide bonds. The Bertz CT molecular complexity index is 496. The van der Waals surface area contributed by atoms with Crippen molar-refractivity contribution in [3.05, 3.63) is 35.4 Å². The van der Waals surface area contributed by atoms with Gasteiger partial charge in [-0.25, -0.2) is 4.79 Å². The number of amides is 1. The summed E-state index contributed by atoms with van der Waals surface area (Å²) in [5.41, 5.74) is 0.352. The van der Waals surface area contributed by atoms with Crippen molar-refractivity contribution in [2.45, 2.75) is 25.8 Å². The van der Waals surface area contributed by atoms with Gasteiger partial charge < -0.3 is 15.3 Å². The van der Waals surface area contributed by atoms with Gasteiger partial charge in [0.2, 0.25) is 0 Å². The fraction of sp³-hybridized carbons (Fsp3) is 0.467. The van der Waals surface area contributed by atoms with Crippen LogP contribution in [-0.4, -0.2) is 47.6 Å². The average molecular weight is 276 g/mol. The van der Waals surface area contributed by atoms with E-state index in [9.17, 15) is 14.7 Å². The standard InChI is InChI=1S/C15H20N2O3/c1-2-17(11-7-9-16-10-8-11)14(18)12-5-3-4-6-13(12)15(19)20/h3-6,11,16H,2,7-10H2,1H3,(H,19,20). The molecule has 108 valence electrons. The Morgan fingerprint density at radius 3 is 2.40 bits per heavy atom. The molecule has 20 heavy (non-hydrogen) atoms. The van der Waals surface area contributed by atoms with Crippen molar-refractivity contribution in [2.75, 3.05) is 19.6 Å². The molecular weight excluding hydrogens is 256 g/mol. The zero-order chi connectivity index (χ0) is 14.5. The summed E-state index contributed by atoms with van der Waals surface area (Å²) < 4.78 is 0. The summed E-state index contributed by atoms with van der Waals surface area (Å²) in [5.74, 6) is -1.24. The molecular formula is C15H20N2O3. The van der Waals surface area contributed by atoms with Gasteiger partial charge in [0.15, 0.2) is 0 Å². The third-order valence-electron chi connectivity index (χ3n) is 3.74. The van der Waals surface area contributed by atoms with Gasteiger partial charge in [-0.2, -0.15) is 0 Å². The van der Waals surface area contributed by atoms with E-state index in [4.69, 9.17) is 0 Å². The molecule has 0 aliphatic carbocycles. The first kappa shape index (κ1) is 14.5. The molecule has 0 spiro atoms. The summed E-state index contributed by atoms with van der Waals surface area (Å²) in [4.78, 5) is 25.7. The van der Waals surface area contributed by atoms with Gasteiger partial charge in [0.25, 0.3) is 5.91 Å². The van der Waals surface area contributed by atoms with Gasteiger partial charge in [-0.05, 0) is 45.0 Å². The number of rotatable bonds is 4. The van der Waals surface area contributed by atoms with E-state index < -0.39 is 5.97 Å². The average Bonchev–Trinajstić information content (AvgIpc) is 2.49. The minimum Gasteiger partial charge on any atom is -0.478 e. The molecule has 0 bridgehead atoms. The molecule has 5 nitrogen and oxygen atoms in total. The van der Waals surface area contributed by atoms with E-state index in [1.807, 2.05) is 6.92 Å². The van der Waals surface area contributed by atoms with Crippen LogP contribution in [0.1, 0.15) is 40.5 Å². The Morgan fingerprint density at radius 1 is 1.25 bits per heavy atom. The molecule has 1 fully saturated rings. The van der Waals surface area contributed by atoms with Crippen LogP contribution in [0.15, 0.2) is 24.3 Å². The predicted molar refractivity (Wildman–Crippen MR) is 76.0 cm³/mol. The van der Waals surface area contributed by atoms with Crippen LogP contribution in [0.25, 0.3) is 0 Å². The first-order valence-corrected chi connectivity index (χ1v) is 6.99. The minimum atomic E-state index is -1.06. The van der Waals surface area contributed by atoms with Crippen LogP contribution in [0, 0.1) is 0 Å². The number of hydrogen-bond acceptors (Lipinski definition) is 3. The fourth-order valence-electron chi connectivity index (χ4n) is 2.70. The van der Waals surface area contributed by atoms with Crippen LogP contribution in [0.4, 0.5) is 0 Å². The van der Waals surface area contributed by atoms with E-state index in [1.54, 1.807) is 23.1 Å². The Morgan fingerprint density at radius 2 is 1.85 bits per heavy atom. The van der Waals surface area contributed by atoms with Crippen molar-refractivity contribution < 1.29 is 14.7 Å². The lowest BCUT2D eigenvalue weighted by Gasteiger charge is -2.34. The number of carbonyl (C=O) groups excluding carboxylic acids is 1. The van der Waals surface area contributed by atoms with Crippen molar-refractivity contribution in [1.82, 2.24) is 10.2 Å². The summed E-state index contributed by atoms with van der Waals surface area (Å²) in [6.45, 7) is 4.32. The molecule has 1 aromatic rings. The molecule has 0 unspecified atom stereocenters. The van der Waals surface area contributed by atoms with E-state index in [-0.39, 0.29) is 23.1 Å². The lowest BCUT2D eigenvalue weighted by atomic mass is 10.0. The highest BCUT2D eigenvalue weighted by Crippen LogP contribution is 2.18. The number of benzene rings is 1. The Hall–Kier alpha value is -1.88. The summed E-state index contributed by atoms with van der Waals surface area (Å²) in [6.07, 6.45) is 1.82. The quantitative estimate of drug-likeness (QED) is 0.876. The first-order valence-electron chi connectivity index (χ1n) is 6.99. The molecule has 1 aliphatic heterocycles. The molecule has 2 rings (SSSR count). The monoisotopic (exact) mass is 276 g/mol. The lowest BCUT2D eigenvalue weighted by Crippen LogP contribution is -2.46. The Kier molecular flexibility index (Phi) is 4.74. The largest absolute Gasteiger partial charge is 0.478 e. The van der Waals surface area contributed by atoms with Crippen LogP contribution in [0.2, 0.25) is 0 Å². The first-order chi connectivity index (χ1) is 9.65. The number of hydrogen-bond donors (Lipinski definition) is 2. The third kappa shape index (κ3) is 2.99. The molecule has 0 aromatic heterocycles. The maximum absolute atomic E-state index is 12.6. The van der Waals surface area contributed by atoms with Gasteiger partial charge in [-0.1, -0.05) is 12.1 Å². The molecule has 0 saturated carbocycles.